The first kappa shape index (κ1) is 18.3. The second kappa shape index (κ2) is 8.62. The van der Waals surface area contributed by atoms with E-state index in [0.29, 0.717) is 0 Å². The summed E-state index contributed by atoms with van der Waals surface area (Å²) in [5.74, 6) is -0.899. The molecule has 6 N–H and O–H groups in total. The summed E-state index contributed by atoms with van der Waals surface area (Å²) in [6.07, 6.45) is -5.65. The summed E-state index contributed by atoms with van der Waals surface area (Å²) in [6.45, 7) is 2.94. The van der Waals surface area contributed by atoms with Crippen molar-refractivity contribution < 1.29 is 30.3 Å². The van der Waals surface area contributed by atoms with E-state index in [1.165, 1.54) is 0 Å². The molecule has 1 aromatic carbocycles. The van der Waals surface area contributed by atoms with Crippen LogP contribution in [0.25, 0.3) is 6.08 Å². The summed E-state index contributed by atoms with van der Waals surface area (Å²) >= 11 is 0. The Morgan fingerprint density at radius 1 is 1.14 bits per heavy atom. The smallest absolute Gasteiger partial charge is 0.251 e. The molecule has 0 bridgehead atoms. The lowest BCUT2D eigenvalue weighted by atomic mass is 10.0. The second-order valence-corrected chi connectivity index (χ2v) is 4.84. The van der Waals surface area contributed by atoms with E-state index in [9.17, 15) is 25.2 Å². The third-order valence-electron chi connectivity index (χ3n) is 3.21. The van der Waals surface area contributed by atoms with E-state index in [2.05, 4.69) is 11.9 Å². The average Bonchev–Trinajstić information content (AvgIpc) is 2.57. The Bertz CT molecular complexity index is 489. The maximum absolute atomic E-state index is 11.7. The molecule has 0 aromatic heterocycles. The number of carbonyl (C=O) groups excluding carboxylic acids is 1. The van der Waals surface area contributed by atoms with Crippen LogP contribution in [0.5, 0.6) is 0 Å². The quantitative estimate of drug-likeness (QED) is 0.342. The van der Waals surface area contributed by atoms with Gasteiger partial charge in [-0.3, -0.25) is 4.79 Å². The minimum absolute atomic E-state index is 0.124. The highest BCUT2D eigenvalue weighted by molar-refractivity contribution is 5.81. The van der Waals surface area contributed by atoms with Gasteiger partial charge in [-0.15, -0.1) is 0 Å². The zero-order valence-corrected chi connectivity index (χ0v) is 12.0. The SMILES string of the molecule is C=Cc1ccc(CNC(=O)[C@H](O)[C@H](O)[C@@H](O)[C@H](O)CO)cc1. The maximum atomic E-state index is 11.7. The Hall–Kier alpha value is -1.77. The van der Waals surface area contributed by atoms with Gasteiger partial charge in [0.2, 0.25) is 0 Å². The Morgan fingerprint density at radius 2 is 1.73 bits per heavy atom. The van der Waals surface area contributed by atoms with Crippen LogP contribution in [0.15, 0.2) is 30.8 Å². The Balaban J connectivity index is 2.54. The molecule has 7 heteroatoms. The van der Waals surface area contributed by atoms with Crippen LogP contribution in [0.1, 0.15) is 11.1 Å². The minimum Gasteiger partial charge on any atom is -0.394 e. The molecule has 0 spiro atoms. The molecule has 7 nitrogen and oxygen atoms in total. The van der Waals surface area contributed by atoms with E-state index in [1.807, 2.05) is 0 Å². The molecule has 0 aliphatic carbocycles. The van der Waals surface area contributed by atoms with Crippen LogP contribution in [0.2, 0.25) is 0 Å². The summed E-state index contributed by atoms with van der Waals surface area (Å²) in [5, 5.41) is 48.9. The number of hydrogen-bond donors (Lipinski definition) is 6. The van der Waals surface area contributed by atoms with E-state index < -0.39 is 36.9 Å². The van der Waals surface area contributed by atoms with Crippen molar-refractivity contribution in [2.24, 2.45) is 0 Å². The number of aliphatic hydroxyl groups excluding tert-OH is 5. The number of hydrogen-bond acceptors (Lipinski definition) is 6. The van der Waals surface area contributed by atoms with Crippen LogP contribution in [0.4, 0.5) is 0 Å². The van der Waals surface area contributed by atoms with Gasteiger partial charge < -0.3 is 30.8 Å². The van der Waals surface area contributed by atoms with Gasteiger partial charge in [-0.1, -0.05) is 36.9 Å². The van der Waals surface area contributed by atoms with Gasteiger partial charge in [0.25, 0.3) is 5.91 Å². The summed E-state index contributed by atoms with van der Waals surface area (Å²) < 4.78 is 0. The Kier molecular flexibility index (Phi) is 7.16. The van der Waals surface area contributed by atoms with Gasteiger partial charge in [-0.25, -0.2) is 0 Å². The van der Waals surface area contributed by atoms with Crippen LogP contribution >= 0.6 is 0 Å². The van der Waals surface area contributed by atoms with Crippen molar-refractivity contribution >= 4 is 12.0 Å². The predicted molar refractivity (Wildman–Crippen MR) is 79.5 cm³/mol. The van der Waals surface area contributed by atoms with E-state index in [0.717, 1.165) is 11.1 Å². The fourth-order valence-corrected chi connectivity index (χ4v) is 1.74. The summed E-state index contributed by atoms with van der Waals surface area (Å²) in [4.78, 5) is 11.7. The van der Waals surface area contributed by atoms with Gasteiger partial charge in [-0.05, 0) is 11.1 Å². The van der Waals surface area contributed by atoms with Crippen molar-refractivity contribution in [2.75, 3.05) is 6.61 Å². The van der Waals surface area contributed by atoms with Crippen molar-refractivity contribution in [2.45, 2.75) is 31.0 Å². The summed E-state index contributed by atoms with van der Waals surface area (Å²) in [5.41, 5.74) is 1.70. The fraction of sp³-hybridized carbons (Fsp3) is 0.400. The molecule has 122 valence electrons. The zero-order valence-electron chi connectivity index (χ0n) is 12.0. The molecular formula is C15H21NO6. The van der Waals surface area contributed by atoms with Crippen molar-refractivity contribution in [3.05, 3.63) is 42.0 Å². The molecule has 0 aliphatic heterocycles. The number of rotatable bonds is 8. The monoisotopic (exact) mass is 311 g/mol. The third kappa shape index (κ3) is 4.90. The molecule has 22 heavy (non-hydrogen) atoms. The number of amides is 1. The minimum atomic E-state index is -1.93. The van der Waals surface area contributed by atoms with Gasteiger partial charge >= 0.3 is 0 Å². The molecule has 4 atom stereocenters. The average molecular weight is 311 g/mol. The molecular weight excluding hydrogens is 290 g/mol. The molecule has 0 saturated heterocycles. The molecule has 0 unspecified atom stereocenters. The Labute approximate surface area is 128 Å². The standard InChI is InChI=1S/C15H21NO6/c1-2-9-3-5-10(6-4-9)7-16-15(22)14(21)13(20)12(19)11(18)8-17/h2-6,11-14,17-21H,1,7-8H2,(H,16,22)/t11-,12+,13-,14-/m1/s1. The fourth-order valence-electron chi connectivity index (χ4n) is 1.74. The van der Waals surface area contributed by atoms with Gasteiger partial charge in [0.1, 0.15) is 18.3 Å². The van der Waals surface area contributed by atoms with Crippen LogP contribution < -0.4 is 5.32 Å². The lowest BCUT2D eigenvalue weighted by molar-refractivity contribution is -0.149. The molecule has 1 amide bonds. The van der Waals surface area contributed by atoms with Gasteiger partial charge in [-0.2, -0.15) is 0 Å². The number of nitrogens with one attached hydrogen (secondary N) is 1. The first-order valence-electron chi connectivity index (χ1n) is 6.73. The highest BCUT2D eigenvalue weighted by atomic mass is 16.4. The van der Waals surface area contributed by atoms with E-state index in [-0.39, 0.29) is 6.54 Å². The summed E-state index contributed by atoms with van der Waals surface area (Å²) in [7, 11) is 0. The largest absolute Gasteiger partial charge is 0.394 e. The highest BCUT2D eigenvalue weighted by Crippen LogP contribution is 2.07. The third-order valence-corrected chi connectivity index (χ3v) is 3.21. The lowest BCUT2D eigenvalue weighted by Crippen LogP contribution is -2.51. The number of benzene rings is 1. The lowest BCUT2D eigenvalue weighted by Gasteiger charge is -2.24. The van der Waals surface area contributed by atoms with Crippen LogP contribution in [-0.4, -0.2) is 62.5 Å². The van der Waals surface area contributed by atoms with Crippen LogP contribution in [0, 0.1) is 0 Å². The molecule has 0 saturated carbocycles. The van der Waals surface area contributed by atoms with E-state index >= 15 is 0 Å². The van der Waals surface area contributed by atoms with Gasteiger partial charge in [0.05, 0.1) is 6.61 Å². The van der Waals surface area contributed by atoms with Crippen molar-refractivity contribution in [3.63, 3.8) is 0 Å². The maximum Gasteiger partial charge on any atom is 0.251 e. The van der Waals surface area contributed by atoms with Gasteiger partial charge in [0, 0.05) is 6.54 Å². The van der Waals surface area contributed by atoms with Crippen molar-refractivity contribution in [1.82, 2.24) is 5.32 Å². The Morgan fingerprint density at radius 3 is 2.23 bits per heavy atom. The van der Waals surface area contributed by atoms with E-state index in [1.54, 1.807) is 30.3 Å². The van der Waals surface area contributed by atoms with Crippen molar-refractivity contribution in [3.8, 4) is 0 Å². The normalized spacial score (nSPS) is 16.4. The molecule has 0 radical (unpaired) electrons. The van der Waals surface area contributed by atoms with Crippen LogP contribution in [0.3, 0.4) is 0 Å². The number of carbonyl (C=O) groups is 1. The van der Waals surface area contributed by atoms with Gasteiger partial charge in [0.15, 0.2) is 6.10 Å². The first-order chi connectivity index (χ1) is 10.4. The summed E-state index contributed by atoms with van der Waals surface area (Å²) in [6, 6.07) is 7.15. The molecule has 0 heterocycles. The molecule has 1 aromatic rings. The molecule has 0 aliphatic rings. The molecule has 1 rings (SSSR count). The first-order valence-corrected chi connectivity index (χ1v) is 6.73. The second-order valence-electron chi connectivity index (χ2n) is 4.84. The van der Waals surface area contributed by atoms with Crippen LogP contribution in [-0.2, 0) is 11.3 Å². The highest BCUT2D eigenvalue weighted by Gasteiger charge is 2.33. The molecule has 0 fully saturated rings. The topological polar surface area (TPSA) is 130 Å². The van der Waals surface area contributed by atoms with E-state index in [4.69, 9.17) is 5.11 Å². The van der Waals surface area contributed by atoms with Crippen molar-refractivity contribution in [1.29, 1.82) is 0 Å². The number of aliphatic hydroxyl groups is 5. The predicted octanol–water partition coefficient (Wildman–Crippen LogP) is -1.62. The zero-order chi connectivity index (χ0) is 16.7.